The van der Waals surface area contributed by atoms with E-state index in [0.29, 0.717) is 11.8 Å². The van der Waals surface area contributed by atoms with Gasteiger partial charge in [-0.05, 0) is 36.2 Å². The molecular formula is C23H22N4O2. The van der Waals surface area contributed by atoms with E-state index in [-0.39, 0.29) is 0 Å². The molecule has 6 heteroatoms. The van der Waals surface area contributed by atoms with Gasteiger partial charge in [-0.2, -0.15) is 9.97 Å². The van der Waals surface area contributed by atoms with E-state index in [9.17, 15) is 0 Å². The van der Waals surface area contributed by atoms with Gasteiger partial charge in [0.05, 0.1) is 25.4 Å². The van der Waals surface area contributed by atoms with Crippen LogP contribution >= 0.6 is 0 Å². The number of nitrogens with zero attached hydrogens (tertiary/aromatic N) is 3. The zero-order valence-electron chi connectivity index (χ0n) is 16.4. The third-order valence-corrected chi connectivity index (χ3v) is 4.65. The van der Waals surface area contributed by atoms with E-state index >= 15 is 0 Å². The van der Waals surface area contributed by atoms with Crippen molar-refractivity contribution in [3.63, 3.8) is 0 Å². The van der Waals surface area contributed by atoms with E-state index in [0.717, 1.165) is 40.9 Å². The third-order valence-electron chi connectivity index (χ3n) is 4.65. The largest absolute Gasteiger partial charge is 0.497 e. The molecule has 0 unspecified atom stereocenters. The van der Waals surface area contributed by atoms with Crippen LogP contribution in [0.2, 0.25) is 0 Å². The van der Waals surface area contributed by atoms with Crippen LogP contribution in [0.15, 0.2) is 66.9 Å². The zero-order chi connectivity index (χ0) is 20.1. The summed E-state index contributed by atoms with van der Waals surface area (Å²) in [6.45, 7) is 0.738. The van der Waals surface area contributed by atoms with E-state index in [2.05, 4.69) is 38.5 Å². The molecule has 0 fully saturated rings. The number of hydrogen-bond acceptors (Lipinski definition) is 6. The Morgan fingerprint density at radius 1 is 0.897 bits per heavy atom. The summed E-state index contributed by atoms with van der Waals surface area (Å²) in [6.07, 6.45) is 2.69. The van der Waals surface area contributed by atoms with Crippen LogP contribution in [-0.4, -0.2) is 35.7 Å². The quantitative estimate of drug-likeness (QED) is 0.509. The third kappa shape index (κ3) is 4.43. The Morgan fingerprint density at radius 3 is 2.52 bits per heavy atom. The fourth-order valence-corrected chi connectivity index (χ4v) is 3.09. The van der Waals surface area contributed by atoms with E-state index in [4.69, 9.17) is 9.47 Å². The number of methoxy groups -OCH3 is 2. The lowest BCUT2D eigenvalue weighted by molar-refractivity contribution is 0.381. The van der Waals surface area contributed by atoms with Gasteiger partial charge in [-0.3, -0.25) is 4.98 Å². The monoisotopic (exact) mass is 386 g/mol. The van der Waals surface area contributed by atoms with Gasteiger partial charge in [-0.1, -0.05) is 30.3 Å². The van der Waals surface area contributed by atoms with Crippen LogP contribution in [0.1, 0.15) is 5.56 Å². The van der Waals surface area contributed by atoms with Crippen LogP contribution in [0.5, 0.6) is 11.8 Å². The van der Waals surface area contributed by atoms with E-state index in [1.807, 2.05) is 48.7 Å². The van der Waals surface area contributed by atoms with Gasteiger partial charge in [0.2, 0.25) is 0 Å². The summed E-state index contributed by atoms with van der Waals surface area (Å²) in [5, 5.41) is 4.43. The summed E-state index contributed by atoms with van der Waals surface area (Å²) >= 11 is 0. The van der Waals surface area contributed by atoms with Gasteiger partial charge in [0.25, 0.3) is 0 Å². The minimum absolute atomic E-state index is 0.322. The Kier molecular flexibility index (Phi) is 5.52. The highest BCUT2D eigenvalue weighted by Gasteiger charge is 2.08. The van der Waals surface area contributed by atoms with Crippen LogP contribution in [0.4, 0.5) is 5.82 Å². The molecule has 2 aromatic carbocycles. The van der Waals surface area contributed by atoms with Crippen LogP contribution in [-0.2, 0) is 6.42 Å². The molecule has 0 aliphatic heterocycles. The molecule has 0 saturated carbocycles. The molecule has 4 rings (SSSR count). The van der Waals surface area contributed by atoms with Crippen molar-refractivity contribution in [2.24, 2.45) is 0 Å². The Hall–Kier alpha value is -3.67. The second kappa shape index (κ2) is 8.56. The predicted octanol–water partition coefficient (Wildman–Crippen LogP) is 4.36. The summed E-state index contributed by atoms with van der Waals surface area (Å²) in [7, 11) is 3.24. The van der Waals surface area contributed by atoms with E-state index in [1.54, 1.807) is 14.2 Å². The Labute approximate surface area is 169 Å². The first kappa shape index (κ1) is 18.7. The topological polar surface area (TPSA) is 69.2 Å². The maximum absolute atomic E-state index is 5.30. The van der Waals surface area contributed by atoms with E-state index < -0.39 is 0 Å². The van der Waals surface area contributed by atoms with Gasteiger partial charge in [-0.15, -0.1) is 0 Å². The number of pyridine rings is 1. The van der Waals surface area contributed by atoms with Gasteiger partial charge in [0.1, 0.15) is 11.6 Å². The molecule has 0 amide bonds. The molecule has 0 atom stereocenters. The Morgan fingerprint density at radius 2 is 1.72 bits per heavy atom. The maximum atomic E-state index is 5.30. The fourth-order valence-electron chi connectivity index (χ4n) is 3.09. The second-order valence-corrected chi connectivity index (χ2v) is 6.57. The number of ether oxygens (including phenoxy) is 2. The lowest BCUT2D eigenvalue weighted by Crippen LogP contribution is -2.08. The average molecular weight is 386 g/mol. The Balaban J connectivity index is 1.52. The minimum atomic E-state index is 0.322. The SMILES string of the molecule is COc1ccc(CCNc2cc(-c3cnc4ccccc4c3)nc(OC)n2)cc1. The molecule has 6 nitrogen and oxygen atoms in total. The zero-order valence-corrected chi connectivity index (χ0v) is 16.4. The molecule has 146 valence electrons. The highest BCUT2D eigenvalue weighted by atomic mass is 16.5. The van der Waals surface area contributed by atoms with Gasteiger partial charge in [0.15, 0.2) is 0 Å². The van der Waals surface area contributed by atoms with Crippen molar-refractivity contribution < 1.29 is 9.47 Å². The number of aromatic nitrogens is 3. The second-order valence-electron chi connectivity index (χ2n) is 6.57. The van der Waals surface area contributed by atoms with Crippen LogP contribution in [0.25, 0.3) is 22.2 Å². The summed E-state index contributed by atoms with van der Waals surface area (Å²) in [5.41, 5.74) is 3.86. The first-order valence-corrected chi connectivity index (χ1v) is 9.40. The normalized spacial score (nSPS) is 10.7. The number of benzene rings is 2. The molecule has 0 spiro atoms. The molecule has 1 N–H and O–H groups in total. The number of para-hydroxylation sites is 1. The van der Waals surface area contributed by atoms with E-state index in [1.165, 1.54) is 5.56 Å². The molecule has 2 aromatic heterocycles. The molecular weight excluding hydrogens is 364 g/mol. The number of anilines is 1. The summed E-state index contributed by atoms with van der Waals surface area (Å²) in [6, 6.07) is 20.4. The summed E-state index contributed by atoms with van der Waals surface area (Å²) in [5.74, 6) is 1.57. The maximum Gasteiger partial charge on any atom is 0.318 e. The number of nitrogens with one attached hydrogen (secondary N) is 1. The molecule has 0 aliphatic carbocycles. The predicted molar refractivity (Wildman–Crippen MR) is 115 cm³/mol. The van der Waals surface area contributed by atoms with Crippen molar-refractivity contribution in [3.05, 3.63) is 72.4 Å². The van der Waals surface area contributed by atoms with Crippen molar-refractivity contribution >= 4 is 16.7 Å². The molecule has 0 radical (unpaired) electrons. The summed E-state index contributed by atoms with van der Waals surface area (Å²) < 4.78 is 10.5. The lowest BCUT2D eigenvalue weighted by Gasteiger charge is -2.10. The number of fused-ring (bicyclic) bond motifs is 1. The van der Waals surface area contributed by atoms with Gasteiger partial charge in [0, 0.05) is 29.8 Å². The van der Waals surface area contributed by atoms with Crippen molar-refractivity contribution in [1.82, 2.24) is 15.0 Å². The number of rotatable bonds is 7. The minimum Gasteiger partial charge on any atom is -0.497 e. The van der Waals surface area contributed by atoms with Crippen LogP contribution < -0.4 is 14.8 Å². The number of hydrogen-bond donors (Lipinski definition) is 1. The fraction of sp³-hybridized carbons (Fsp3) is 0.174. The van der Waals surface area contributed by atoms with Crippen LogP contribution in [0.3, 0.4) is 0 Å². The molecule has 0 saturated heterocycles. The van der Waals surface area contributed by atoms with Crippen molar-refractivity contribution in [2.45, 2.75) is 6.42 Å². The van der Waals surface area contributed by atoms with Crippen molar-refractivity contribution in [2.75, 3.05) is 26.1 Å². The molecule has 0 aliphatic rings. The van der Waals surface area contributed by atoms with Crippen molar-refractivity contribution in [3.8, 4) is 23.0 Å². The summed E-state index contributed by atoms with van der Waals surface area (Å²) in [4.78, 5) is 13.4. The highest BCUT2D eigenvalue weighted by molar-refractivity contribution is 5.83. The average Bonchev–Trinajstić information content (AvgIpc) is 2.79. The highest BCUT2D eigenvalue weighted by Crippen LogP contribution is 2.24. The first-order valence-electron chi connectivity index (χ1n) is 9.40. The lowest BCUT2D eigenvalue weighted by atomic mass is 10.1. The standard InChI is InChI=1S/C23H22N4O2/c1-28-19-9-7-16(8-10-19)11-12-24-22-14-21(26-23(27-22)29-2)18-13-17-5-3-4-6-20(17)25-15-18/h3-10,13-15H,11-12H2,1-2H3,(H,24,26,27). The Bertz CT molecular complexity index is 1110. The molecule has 4 aromatic rings. The van der Waals surface area contributed by atoms with Gasteiger partial charge < -0.3 is 14.8 Å². The van der Waals surface area contributed by atoms with Crippen molar-refractivity contribution in [1.29, 1.82) is 0 Å². The van der Waals surface area contributed by atoms with Gasteiger partial charge >= 0.3 is 6.01 Å². The molecule has 0 bridgehead atoms. The molecule has 2 heterocycles. The van der Waals surface area contributed by atoms with Crippen LogP contribution in [0, 0.1) is 0 Å². The first-order chi connectivity index (χ1) is 14.2. The van der Waals surface area contributed by atoms with Gasteiger partial charge in [-0.25, -0.2) is 0 Å². The smallest absolute Gasteiger partial charge is 0.318 e. The molecule has 29 heavy (non-hydrogen) atoms.